The van der Waals surface area contributed by atoms with Gasteiger partial charge in [0.05, 0.1) is 16.3 Å². The van der Waals surface area contributed by atoms with Crippen LogP contribution in [0.5, 0.6) is 0 Å². The van der Waals surface area contributed by atoms with Gasteiger partial charge in [0, 0.05) is 12.1 Å². The first-order chi connectivity index (χ1) is 8.00. The molecule has 0 amide bonds. The molecule has 2 aromatic rings. The highest BCUT2D eigenvalue weighted by molar-refractivity contribution is 5.49. The third-order valence-electron chi connectivity index (χ3n) is 2.55. The summed E-state index contributed by atoms with van der Waals surface area (Å²) in [6, 6.07) is 4.56. The predicted molar refractivity (Wildman–Crippen MR) is 61.9 cm³/mol. The van der Waals surface area contributed by atoms with E-state index in [1.165, 1.54) is 12.1 Å². The van der Waals surface area contributed by atoms with Crippen molar-refractivity contribution >= 4 is 11.5 Å². The molecule has 1 heterocycles. The van der Waals surface area contributed by atoms with Crippen LogP contribution in [0, 0.1) is 24.0 Å². The van der Waals surface area contributed by atoms with Gasteiger partial charge in [-0.2, -0.15) is 0 Å². The van der Waals surface area contributed by atoms with Crippen molar-refractivity contribution in [2.45, 2.75) is 13.8 Å². The van der Waals surface area contributed by atoms with Crippen LogP contribution in [-0.4, -0.2) is 19.9 Å². The Morgan fingerprint density at radius 3 is 2.59 bits per heavy atom. The van der Waals surface area contributed by atoms with Gasteiger partial charge in [-0.15, -0.1) is 5.10 Å². The SMILES string of the molecule is Cc1cc([N+](=O)[O-])ccc1-n1nnc(N)c1C. The number of nitrogens with zero attached hydrogens (tertiary/aromatic N) is 4. The fourth-order valence-electron chi connectivity index (χ4n) is 1.56. The van der Waals surface area contributed by atoms with E-state index in [-0.39, 0.29) is 5.69 Å². The smallest absolute Gasteiger partial charge is 0.269 e. The number of benzene rings is 1. The highest BCUT2D eigenvalue weighted by Crippen LogP contribution is 2.21. The number of non-ortho nitro benzene ring substituents is 1. The summed E-state index contributed by atoms with van der Waals surface area (Å²) in [5, 5.41) is 18.3. The van der Waals surface area contributed by atoms with E-state index in [2.05, 4.69) is 10.3 Å². The minimum Gasteiger partial charge on any atom is -0.381 e. The van der Waals surface area contributed by atoms with E-state index in [0.29, 0.717) is 11.5 Å². The van der Waals surface area contributed by atoms with Crippen molar-refractivity contribution in [3.05, 3.63) is 39.6 Å². The zero-order valence-electron chi connectivity index (χ0n) is 9.41. The number of aromatic nitrogens is 3. The van der Waals surface area contributed by atoms with Gasteiger partial charge < -0.3 is 5.73 Å². The van der Waals surface area contributed by atoms with Crippen LogP contribution in [0.1, 0.15) is 11.3 Å². The number of hydrogen-bond acceptors (Lipinski definition) is 5. The zero-order valence-corrected chi connectivity index (χ0v) is 9.41. The average molecular weight is 233 g/mol. The second-order valence-corrected chi connectivity index (χ2v) is 3.70. The second-order valence-electron chi connectivity index (χ2n) is 3.70. The molecule has 2 rings (SSSR count). The third kappa shape index (κ3) is 1.82. The monoisotopic (exact) mass is 233 g/mol. The first-order valence-electron chi connectivity index (χ1n) is 4.94. The van der Waals surface area contributed by atoms with E-state index in [9.17, 15) is 10.1 Å². The maximum Gasteiger partial charge on any atom is 0.269 e. The number of nitrogen functional groups attached to an aromatic ring is 1. The van der Waals surface area contributed by atoms with Crippen molar-refractivity contribution in [1.29, 1.82) is 0 Å². The molecule has 0 aliphatic rings. The van der Waals surface area contributed by atoms with Gasteiger partial charge in [0.2, 0.25) is 0 Å². The Hall–Kier alpha value is -2.44. The van der Waals surface area contributed by atoms with Crippen LogP contribution in [0.15, 0.2) is 18.2 Å². The van der Waals surface area contributed by atoms with E-state index in [0.717, 1.165) is 11.3 Å². The first-order valence-corrected chi connectivity index (χ1v) is 4.94. The van der Waals surface area contributed by atoms with Gasteiger partial charge in [-0.25, -0.2) is 4.68 Å². The van der Waals surface area contributed by atoms with Gasteiger partial charge in [-0.1, -0.05) is 5.21 Å². The maximum absolute atomic E-state index is 10.6. The molecule has 1 aromatic carbocycles. The Balaban J connectivity index is 2.54. The van der Waals surface area contributed by atoms with Crippen LogP contribution in [0.25, 0.3) is 5.69 Å². The van der Waals surface area contributed by atoms with E-state index in [4.69, 9.17) is 5.73 Å². The number of nitrogens with two attached hydrogens (primary N) is 1. The normalized spacial score (nSPS) is 10.5. The van der Waals surface area contributed by atoms with E-state index in [1.54, 1.807) is 24.6 Å². The molecule has 17 heavy (non-hydrogen) atoms. The number of hydrogen-bond donors (Lipinski definition) is 1. The summed E-state index contributed by atoms with van der Waals surface area (Å²) in [6.45, 7) is 3.57. The number of nitro groups is 1. The van der Waals surface area contributed by atoms with Crippen LogP contribution in [-0.2, 0) is 0 Å². The molecule has 0 aliphatic heterocycles. The summed E-state index contributed by atoms with van der Waals surface area (Å²) >= 11 is 0. The summed E-state index contributed by atoms with van der Waals surface area (Å²) in [5.41, 5.74) is 7.84. The summed E-state index contributed by atoms with van der Waals surface area (Å²) in [6.07, 6.45) is 0. The Morgan fingerprint density at radius 1 is 1.41 bits per heavy atom. The molecule has 0 fully saturated rings. The lowest BCUT2D eigenvalue weighted by Gasteiger charge is -2.06. The largest absolute Gasteiger partial charge is 0.381 e. The molecular formula is C10H11N5O2. The molecule has 7 heteroatoms. The lowest BCUT2D eigenvalue weighted by atomic mass is 10.2. The van der Waals surface area contributed by atoms with Crippen LogP contribution in [0.3, 0.4) is 0 Å². The topological polar surface area (TPSA) is 99.9 Å². The number of rotatable bonds is 2. The Labute approximate surface area is 97.0 Å². The fourth-order valence-corrected chi connectivity index (χ4v) is 1.56. The Kier molecular flexibility index (Phi) is 2.51. The van der Waals surface area contributed by atoms with Gasteiger partial charge in [0.25, 0.3) is 5.69 Å². The van der Waals surface area contributed by atoms with Crippen LogP contribution in [0.4, 0.5) is 11.5 Å². The summed E-state index contributed by atoms with van der Waals surface area (Å²) in [7, 11) is 0. The Bertz CT molecular complexity index is 590. The molecule has 0 saturated carbocycles. The predicted octanol–water partition coefficient (Wildman–Crippen LogP) is 1.37. The maximum atomic E-state index is 10.6. The summed E-state index contributed by atoms with van der Waals surface area (Å²) < 4.78 is 1.56. The minimum absolute atomic E-state index is 0.0528. The molecule has 0 atom stereocenters. The molecule has 0 aliphatic carbocycles. The van der Waals surface area contributed by atoms with Crippen LogP contribution >= 0.6 is 0 Å². The van der Waals surface area contributed by atoms with Crippen molar-refractivity contribution in [3.8, 4) is 5.69 Å². The molecule has 0 saturated heterocycles. The van der Waals surface area contributed by atoms with E-state index >= 15 is 0 Å². The average Bonchev–Trinajstić information content (AvgIpc) is 2.60. The molecular weight excluding hydrogens is 222 g/mol. The van der Waals surface area contributed by atoms with Gasteiger partial charge in [0.15, 0.2) is 5.82 Å². The van der Waals surface area contributed by atoms with Gasteiger partial charge >= 0.3 is 0 Å². The van der Waals surface area contributed by atoms with Crippen molar-refractivity contribution in [2.75, 3.05) is 5.73 Å². The summed E-state index contributed by atoms with van der Waals surface area (Å²) in [5.74, 6) is 0.350. The minimum atomic E-state index is -0.431. The first kappa shape index (κ1) is 11.1. The highest BCUT2D eigenvalue weighted by atomic mass is 16.6. The fraction of sp³-hybridized carbons (Fsp3) is 0.200. The quantitative estimate of drug-likeness (QED) is 0.623. The molecule has 7 nitrogen and oxygen atoms in total. The molecule has 0 bridgehead atoms. The van der Waals surface area contributed by atoms with Gasteiger partial charge in [-0.05, 0) is 25.5 Å². The molecule has 0 spiro atoms. The van der Waals surface area contributed by atoms with Crippen molar-refractivity contribution in [3.63, 3.8) is 0 Å². The lowest BCUT2D eigenvalue weighted by Crippen LogP contribution is -2.02. The molecule has 0 radical (unpaired) electrons. The number of anilines is 1. The Morgan fingerprint density at radius 2 is 2.12 bits per heavy atom. The van der Waals surface area contributed by atoms with Crippen LogP contribution < -0.4 is 5.73 Å². The van der Waals surface area contributed by atoms with E-state index < -0.39 is 4.92 Å². The lowest BCUT2D eigenvalue weighted by molar-refractivity contribution is -0.384. The van der Waals surface area contributed by atoms with Gasteiger partial charge in [0.1, 0.15) is 0 Å². The molecule has 0 unspecified atom stereocenters. The third-order valence-corrected chi connectivity index (χ3v) is 2.55. The number of nitro benzene ring substituents is 1. The van der Waals surface area contributed by atoms with E-state index in [1.807, 2.05) is 0 Å². The van der Waals surface area contributed by atoms with Crippen LogP contribution in [0.2, 0.25) is 0 Å². The standard InChI is InChI=1S/C10H11N5O2/c1-6-5-8(15(16)17)3-4-9(6)14-7(2)10(11)12-13-14/h3-5H,11H2,1-2H3. The van der Waals surface area contributed by atoms with Crippen molar-refractivity contribution < 1.29 is 4.92 Å². The van der Waals surface area contributed by atoms with Crippen molar-refractivity contribution in [2.24, 2.45) is 0 Å². The highest BCUT2D eigenvalue weighted by Gasteiger charge is 2.12. The second kappa shape index (κ2) is 3.85. The number of aryl methyl sites for hydroxylation is 1. The summed E-state index contributed by atoms with van der Waals surface area (Å²) in [4.78, 5) is 10.2. The van der Waals surface area contributed by atoms with Crippen molar-refractivity contribution in [1.82, 2.24) is 15.0 Å². The zero-order chi connectivity index (χ0) is 12.6. The molecule has 88 valence electrons. The molecule has 2 N–H and O–H groups in total. The molecule has 1 aromatic heterocycles. The van der Waals surface area contributed by atoms with Gasteiger partial charge in [-0.3, -0.25) is 10.1 Å².